The normalized spacial score (nSPS) is 10.5. The first kappa shape index (κ1) is 18.0. The molecule has 0 unspecified atom stereocenters. The fourth-order valence-electron chi connectivity index (χ4n) is 2.23. The van der Waals surface area contributed by atoms with Crippen molar-refractivity contribution in [3.63, 3.8) is 0 Å². The van der Waals surface area contributed by atoms with Gasteiger partial charge < -0.3 is 13.9 Å². The SMILES string of the molecule is COc1ccc(-c2nnc(SCCCOc3ccccc3C=O)o2)cc1. The lowest BCUT2D eigenvalue weighted by molar-refractivity contribution is 0.111. The van der Waals surface area contributed by atoms with Crippen LogP contribution in [-0.2, 0) is 0 Å². The van der Waals surface area contributed by atoms with Crippen LogP contribution in [0.25, 0.3) is 11.5 Å². The van der Waals surface area contributed by atoms with E-state index in [0.29, 0.717) is 29.0 Å². The number of rotatable bonds is 9. The molecule has 0 saturated carbocycles. The number of benzene rings is 2. The minimum Gasteiger partial charge on any atom is -0.497 e. The van der Waals surface area contributed by atoms with Crippen LogP contribution < -0.4 is 9.47 Å². The minimum atomic E-state index is 0.478. The van der Waals surface area contributed by atoms with E-state index in [2.05, 4.69) is 10.2 Å². The molecule has 0 fully saturated rings. The quantitative estimate of drug-likeness (QED) is 0.319. The lowest BCUT2D eigenvalue weighted by Crippen LogP contribution is -2.00. The number of thioether (sulfide) groups is 1. The molecule has 7 heteroatoms. The summed E-state index contributed by atoms with van der Waals surface area (Å²) in [6.07, 6.45) is 1.58. The zero-order valence-electron chi connectivity index (χ0n) is 14.3. The van der Waals surface area contributed by atoms with E-state index in [1.807, 2.05) is 36.4 Å². The Balaban J connectivity index is 1.45. The second-order valence-corrected chi connectivity index (χ2v) is 6.35. The highest BCUT2D eigenvalue weighted by molar-refractivity contribution is 7.99. The fraction of sp³-hybridized carbons (Fsp3) is 0.211. The summed E-state index contributed by atoms with van der Waals surface area (Å²) in [5.41, 5.74) is 1.40. The lowest BCUT2D eigenvalue weighted by atomic mass is 10.2. The predicted octanol–water partition coefficient (Wildman–Crippen LogP) is 4.12. The maximum atomic E-state index is 10.9. The average Bonchev–Trinajstić information content (AvgIpc) is 3.17. The van der Waals surface area contributed by atoms with Gasteiger partial charge in [-0.3, -0.25) is 4.79 Å². The Morgan fingerprint density at radius 1 is 1.12 bits per heavy atom. The summed E-state index contributed by atoms with van der Waals surface area (Å²) in [5.74, 6) is 2.63. The molecule has 0 aliphatic heterocycles. The number of hydrogen-bond acceptors (Lipinski definition) is 7. The Bertz CT molecular complexity index is 849. The molecular weight excluding hydrogens is 352 g/mol. The summed E-state index contributed by atoms with van der Waals surface area (Å²) in [4.78, 5) is 10.9. The number of aromatic nitrogens is 2. The van der Waals surface area contributed by atoms with Gasteiger partial charge in [0, 0.05) is 11.3 Å². The maximum absolute atomic E-state index is 10.9. The summed E-state index contributed by atoms with van der Waals surface area (Å²) in [6, 6.07) is 14.6. The summed E-state index contributed by atoms with van der Waals surface area (Å²) in [6.45, 7) is 0.511. The number of hydrogen-bond donors (Lipinski definition) is 0. The van der Waals surface area contributed by atoms with Gasteiger partial charge >= 0.3 is 0 Å². The van der Waals surface area contributed by atoms with E-state index in [0.717, 1.165) is 29.8 Å². The molecule has 0 N–H and O–H groups in total. The predicted molar refractivity (Wildman–Crippen MR) is 99.0 cm³/mol. The molecule has 1 aromatic heterocycles. The number of nitrogens with zero attached hydrogens (tertiary/aromatic N) is 2. The van der Waals surface area contributed by atoms with E-state index in [1.54, 1.807) is 19.2 Å². The van der Waals surface area contributed by atoms with Crippen LogP contribution in [0.2, 0.25) is 0 Å². The molecule has 134 valence electrons. The summed E-state index contributed by atoms with van der Waals surface area (Å²) >= 11 is 1.47. The molecule has 26 heavy (non-hydrogen) atoms. The Labute approximate surface area is 155 Å². The van der Waals surface area contributed by atoms with Crippen molar-refractivity contribution in [2.45, 2.75) is 11.6 Å². The number of methoxy groups -OCH3 is 1. The Morgan fingerprint density at radius 3 is 2.69 bits per heavy atom. The molecule has 3 aromatic rings. The highest BCUT2D eigenvalue weighted by Gasteiger charge is 2.09. The van der Waals surface area contributed by atoms with Crippen molar-refractivity contribution < 1.29 is 18.7 Å². The van der Waals surface area contributed by atoms with E-state index >= 15 is 0 Å². The van der Waals surface area contributed by atoms with E-state index in [4.69, 9.17) is 13.9 Å². The van der Waals surface area contributed by atoms with Crippen LogP contribution in [0.15, 0.2) is 58.2 Å². The van der Waals surface area contributed by atoms with Crippen molar-refractivity contribution in [1.29, 1.82) is 0 Å². The molecule has 0 aliphatic carbocycles. The first-order chi connectivity index (χ1) is 12.8. The molecule has 0 bridgehead atoms. The molecule has 0 saturated heterocycles. The largest absolute Gasteiger partial charge is 0.497 e. The zero-order chi connectivity index (χ0) is 18.2. The molecule has 0 aliphatic rings. The van der Waals surface area contributed by atoms with Gasteiger partial charge in [-0.05, 0) is 42.8 Å². The van der Waals surface area contributed by atoms with Crippen molar-refractivity contribution in [1.82, 2.24) is 10.2 Å². The van der Waals surface area contributed by atoms with Crippen LogP contribution in [0.1, 0.15) is 16.8 Å². The van der Waals surface area contributed by atoms with Gasteiger partial charge in [0.15, 0.2) is 6.29 Å². The number of ether oxygens (including phenoxy) is 2. The Hall–Kier alpha value is -2.80. The van der Waals surface area contributed by atoms with Crippen molar-refractivity contribution in [2.75, 3.05) is 19.5 Å². The first-order valence-electron chi connectivity index (χ1n) is 8.08. The zero-order valence-corrected chi connectivity index (χ0v) is 15.1. The van der Waals surface area contributed by atoms with Crippen LogP contribution in [0.4, 0.5) is 0 Å². The monoisotopic (exact) mass is 370 g/mol. The minimum absolute atomic E-state index is 0.478. The van der Waals surface area contributed by atoms with Gasteiger partial charge in [-0.25, -0.2) is 0 Å². The van der Waals surface area contributed by atoms with E-state index < -0.39 is 0 Å². The summed E-state index contributed by atoms with van der Waals surface area (Å²) < 4.78 is 16.4. The average molecular weight is 370 g/mol. The van der Waals surface area contributed by atoms with Crippen LogP contribution in [-0.4, -0.2) is 36.0 Å². The molecule has 0 amide bonds. The van der Waals surface area contributed by atoms with E-state index in [-0.39, 0.29) is 0 Å². The van der Waals surface area contributed by atoms with Gasteiger partial charge in [0.05, 0.1) is 19.3 Å². The molecule has 0 spiro atoms. The van der Waals surface area contributed by atoms with Gasteiger partial charge in [0.1, 0.15) is 11.5 Å². The molecule has 1 heterocycles. The number of para-hydroxylation sites is 1. The van der Waals surface area contributed by atoms with E-state index in [9.17, 15) is 4.79 Å². The van der Waals surface area contributed by atoms with Crippen molar-refractivity contribution in [3.8, 4) is 23.0 Å². The van der Waals surface area contributed by atoms with Gasteiger partial charge in [0.25, 0.3) is 5.22 Å². The van der Waals surface area contributed by atoms with Crippen LogP contribution in [0.5, 0.6) is 11.5 Å². The Morgan fingerprint density at radius 2 is 1.92 bits per heavy atom. The molecule has 3 rings (SSSR count). The van der Waals surface area contributed by atoms with Crippen LogP contribution >= 0.6 is 11.8 Å². The number of aldehydes is 1. The van der Waals surface area contributed by atoms with Crippen LogP contribution in [0, 0.1) is 0 Å². The van der Waals surface area contributed by atoms with Crippen molar-refractivity contribution >= 4 is 18.0 Å². The molecule has 6 nitrogen and oxygen atoms in total. The highest BCUT2D eigenvalue weighted by atomic mass is 32.2. The fourth-order valence-corrected chi connectivity index (χ4v) is 2.90. The molecular formula is C19H18N2O4S. The second kappa shape index (κ2) is 9.05. The van der Waals surface area contributed by atoms with Gasteiger partial charge in [-0.15, -0.1) is 10.2 Å². The van der Waals surface area contributed by atoms with Crippen LogP contribution in [0.3, 0.4) is 0 Å². The van der Waals surface area contributed by atoms with Gasteiger partial charge in [-0.2, -0.15) is 0 Å². The highest BCUT2D eigenvalue weighted by Crippen LogP contribution is 2.25. The third kappa shape index (κ3) is 4.64. The van der Waals surface area contributed by atoms with Gasteiger partial charge in [0.2, 0.25) is 5.89 Å². The standard InChI is InChI=1S/C19H18N2O4S/c1-23-16-9-7-14(8-10-16)18-20-21-19(25-18)26-12-4-11-24-17-6-3-2-5-15(17)13-22/h2-3,5-10,13H,4,11-12H2,1H3. The molecule has 0 atom stereocenters. The van der Waals surface area contributed by atoms with Crippen molar-refractivity contribution in [2.24, 2.45) is 0 Å². The maximum Gasteiger partial charge on any atom is 0.276 e. The van der Waals surface area contributed by atoms with Gasteiger partial charge in [-0.1, -0.05) is 23.9 Å². The first-order valence-corrected chi connectivity index (χ1v) is 9.06. The van der Waals surface area contributed by atoms with E-state index in [1.165, 1.54) is 11.8 Å². The lowest BCUT2D eigenvalue weighted by Gasteiger charge is -2.07. The molecule has 0 radical (unpaired) electrons. The number of carbonyl (C=O) groups is 1. The smallest absolute Gasteiger partial charge is 0.276 e. The second-order valence-electron chi connectivity index (χ2n) is 5.31. The third-order valence-electron chi connectivity index (χ3n) is 3.56. The number of carbonyl (C=O) groups excluding carboxylic acids is 1. The summed E-state index contributed by atoms with van der Waals surface area (Å²) in [5, 5.41) is 8.63. The summed E-state index contributed by atoms with van der Waals surface area (Å²) in [7, 11) is 1.62. The topological polar surface area (TPSA) is 74.5 Å². The Kier molecular flexibility index (Phi) is 6.27. The third-order valence-corrected chi connectivity index (χ3v) is 4.47. The molecule has 2 aromatic carbocycles. The van der Waals surface area contributed by atoms with Crippen molar-refractivity contribution in [3.05, 3.63) is 54.1 Å².